The first-order valence-electron chi connectivity index (χ1n) is 11.2. The van der Waals surface area contributed by atoms with Gasteiger partial charge in [-0.15, -0.1) is 0 Å². The van der Waals surface area contributed by atoms with Crippen molar-refractivity contribution in [3.63, 3.8) is 0 Å². The Bertz CT molecular complexity index is 1060. The van der Waals surface area contributed by atoms with E-state index in [-0.39, 0.29) is 22.7 Å². The number of carbonyl (C=O) groups excluding carboxylic acids is 2. The molecule has 1 saturated heterocycles. The first-order valence-corrected chi connectivity index (χ1v) is 11.2. The number of amides is 2. The fourth-order valence-corrected chi connectivity index (χ4v) is 3.86. The minimum absolute atomic E-state index is 0.00716. The number of hydrogen-bond donors (Lipinski definition) is 3. The van der Waals surface area contributed by atoms with Crippen LogP contribution in [0.15, 0.2) is 42.5 Å². The summed E-state index contributed by atoms with van der Waals surface area (Å²) in [5.74, 6) is -1.18. The molecule has 1 aliphatic rings. The third-order valence-electron chi connectivity index (χ3n) is 5.45. The second kappa shape index (κ2) is 10.6. The molecule has 0 atom stereocenters. The average molecular weight is 469 g/mol. The van der Waals surface area contributed by atoms with Crippen LogP contribution in [0.25, 0.3) is 0 Å². The zero-order valence-electron chi connectivity index (χ0n) is 20.1. The van der Waals surface area contributed by atoms with Crippen molar-refractivity contribution in [1.29, 1.82) is 0 Å². The lowest BCUT2D eigenvalue weighted by atomic mass is 10.1. The second-order valence-corrected chi connectivity index (χ2v) is 9.25. The van der Waals surface area contributed by atoms with E-state index in [0.717, 1.165) is 5.69 Å². The lowest BCUT2D eigenvalue weighted by molar-refractivity contribution is -0.123. The summed E-state index contributed by atoms with van der Waals surface area (Å²) in [6.07, 6.45) is 0. The minimum Gasteiger partial charge on any atom is -0.496 e. The lowest BCUT2D eigenvalue weighted by Crippen LogP contribution is -2.51. The molecule has 1 fully saturated rings. The van der Waals surface area contributed by atoms with E-state index in [1.807, 2.05) is 20.8 Å². The van der Waals surface area contributed by atoms with Crippen molar-refractivity contribution in [2.24, 2.45) is 0 Å². The van der Waals surface area contributed by atoms with E-state index in [2.05, 4.69) is 20.4 Å². The van der Waals surface area contributed by atoms with Gasteiger partial charge in [0.05, 0.1) is 30.5 Å². The summed E-state index contributed by atoms with van der Waals surface area (Å²) < 4.78 is 5.22. The summed E-state index contributed by atoms with van der Waals surface area (Å²) in [6, 6.07) is 11.7. The maximum Gasteiger partial charge on any atom is 0.337 e. The van der Waals surface area contributed by atoms with E-state index in [9.17, 15) is 19.5 Å². The van der Waals surface area contributed by atoms with Crippen molar-refractivity contribution in [2.45, 2.75) is 26.3 Å². The minimum atomic E-state index is -1.13. The van der Waals surface area contributed by atoms with Gasteiger partial charge >= 0.3 is 5.97 Å². The predicted molar refractivity (Wildman–Crippen MR) is 131 cm³/mol. The molecule has 3 N–H and O–H groups in total. The Morgan fingerprint density at radius 1 is 1.00 bits per heavy atom. The number of carboxylic acids is 1. The molecule has 3 rings (SSSR count). The molecule has 0 aliphatic carbocycles. The van der Waals surface area contributed by atoms with Crippen LogP contribution in [0.2, 0.25) is 0 Å². The number of benzene rings is 2. The largest absolute Gasteiger partial charge is 0.496 e. The number of para-hydroxylation sites is 1. The van der Waals surface area contributed by atoms with Crippen molar-refractivity contribution in [1.82, 2.24) is 10.2 Å². The Morgan fingerprint density at radius 3 is 2.29 bits per heavy atom. The van der Waals surface area contributed by atoms with Crippen molar-refractivity contribution >= 4 is 29.2 Å². The molecule has 182 valence electrons. The maximum atomic E-state index is 12.7. The van der Waals surface area contributed by atoms with Crippen LogP contribution < -0.4 is 20.3 Å². The highest BCUT2D eigenvalue weighted by molar-refractivity contribution is 6.09. The first-order chi connectivity index (χ1) is 16.1. The zero-order valence-corrected chi connectivity index (χ0v) is 20.1. The topological polar surface area (TPSA) is 111 Å². The van der Waals surface area contributed by atoms with Gasteiger partial charge in [-0.3, -0.25) is 14.5 Å². The number of nitrogens with one attached hydrogen (secondary N) is 2. The highest BCUT2D eigenvalue weighted by Crippen LogP contribution is 2.26. The Labute approximate surface area is 199 Å². The SMILES string of the molecule is COc1ccccc1C(=O)Nc1ccc(N2CCN(CC(=O)NC(C)(C)C)CC2)cc1C(=O)O. The summed E-state index contributed by atoms with van der Waals surface area (Å²) >= 11 is 0. The van der Waals surface area contributed by atoms with Crippen molar-refractivity contribution in [2.75, 3.05) is 50.1 Å². The molecule has 1 heterocycles. The van der Waals surface area contributed by atoms with Gasteiger partial charge < -0.3 is 25.4 Å². The highest BCUT2D eigenvalue weighted by Gasteiger charge is 2.23. The van der Waals surface area contributed by atoms with Crippen LogP contribution >= 0.6 is 0 Å². The summed E-state index contributed by atoms with van der Waals surface area (Å²) in [4.78, 5) is 41.0. The normalized spacial score (nSPS) is 14.4. The molecule has 34 heavy (non-hydrogen) atoms. The van der Waals surface area contributed by atoms with Crippen LogP contribution in [-0.2, 0) is 4.79 Å². The Balaban J connectivity index is 1.67. The monoisotopic (exact) mass is 468 g/mol. The van der Waals surface area contributed by atoms with Crippen LogP contribution in [0.4, 0.5) is 11.4 Å². The number of carboxylic acid groups (broad SMARTS) is 1. The molecule has 0 aromatic heterocycles. The van der Waals surface area contributed by atoms with Crippen LogP contribution in [0, 0.1) is 0 Å². The molecule has 2 aromatic rings. The van der Waals surface area contributed by atoms with E-state index < -0.39 is 11.9 Å². The molecule has 0 bridgehead atoms. The number of nitrogens with zero attached hydrogens (tertiary/aromatic N) is 2. The van der Waals surface area contributed by atoms with Crippen LogP contribution in [0.3, 0.4) is 0 Å². The van der Waals surface area contributed by atoms with Gasteiger partial charge in [-0.2, -0.15) is 0 Å². The van der Waals surface area contributed by atoms with Gasteiger partial charge in [0.1, 0.15) is 5.75 Å². The molecule has 9 heteroatoms. The molecular weight excluding hydrogens is 436 g/mol. The predicted octanol–water partition coefficient (Wildman–Crippen LogP) is 2.68. The fraction of sp³-hybridized carbons (Fsp3) is 0.400. The Morgan fingerprint density at radius 2 is 1.68 bits per heavy atom. The van der Waals surface area contributed by atoms with Crippen LogP contribution in [0.1, 0.15) is 41.5 Å². The van der Waals surface area contributed by atoms with Gasteiger partial charge in [0.25, 0.3) is 5.91 Å². The molecule has 0 radical (unpaired) electrons. The van der Waals surface area contributed by atoms with Gasteiger partial charge in [-0.1, -0.05) is 12.1 Å². The number of aromatic carboxylic acids is 1. The quantitative estimate of drug-likeness (QED) is 0.573. The van der Waals surface area contributed by atoms with Crippen LogP contribution in [-0.4, -0.2) is 73.2 Å². The van der Waals surface area contributed by atoms with Crippen molar-refractivity contribution in [3.05, 3.63) is 53.6 Å². The molecule has 0 unspecified atom stereocenters. The summed E-state index contributed by atoms with van der Waals surface area (Å²) in [5.41, 5.74) is 1.02. The van der Waals surface area contributed by atoms with E-state index in [1.165, 1.54) is 7.11 Å². The van der Waals surface area contributed by atoms with Gasteiger partial charge in [0.2, 0.25) is 5.91 Å². The standard InChI is InChI=1S/C25H32N4O5/c1-25(2,3)27-22(30)16-28-11-13-29(14-12-28)17-9-10-20(19(15-17)24(32)33)26-23(31)18-7-5-6-8-21(18)34-4/h5-10,15H,11-14,16H2,1-4H3,(H,26,31)(H,27,30)(H,32,33). The molecule has 2 amide bonds. The summed E-state index contributed by atoms with van der Waals surface area (Å²) in [5, 5.41) is 15.4. The maximum absolute atomic E-state index is 12.7. The third kappa shape index (κ3) is 6.48. The van der Waals surface area contributed by atoms with Gasteiger partial charge in [-0.05, 0) is 51.1 Å². The molecule has 2 aromatic carbocycles. The summed E-state index contributed by atoms with van der Waals surface area (Å²) in [7, 11) is 1.47. The number of ether oxygens (including phenoxy) is 1. The van der Waals surface area contributed by atoms with Gasteiger partial charge in [0.15, 0.2) is 0 Å². The first kappa shape index (κ1) is 25.0. The van der Waals surface area contributed by atoms with Gasteiger partial charge in [-0.25, -0.2) is 4.79 Å². The zero-order chi connectivity index (χ0) is 24.9. The smallest absolute Gasteiger partial charge is 0.337 e. The molecule has 0 spiro atoms. The van der Waals surface area contributed by atoms with E-state index in [4.69, 9.17) is 4.74 Å². The number of piperazine rings is 1. The average Bonchev–Trinajstić information content (AvgIpc) is 2.78. The lowest BCUT2D eigenvalue weighted by Gasteiger charge is -2.36. The van der Waals surface area contributed by atoms with E-state index >= 15 is 0 Å². The Kier molecular flexibility index (Phi) is 7.78. The number of anilines is 2. The fourth-order valence-electron chi connectivity index (χ4n) is 3.86. The van der Waals surface area contributed by atoms with E-state index in [0.29, 0.717) is 44.0 Å². The summed E-state index contributed by atoms with van der Waals surface area (Å²) in [6.45, 7) is 8.88. The van der Waals surface area contributed by atoms with Gasteiger partial charge in [0, 0.05) is 37.4 Å². The highest BCUT2D eigenvalue weighted by atomic mass is 16.5. The third-order valence-corrected chi connectivity index (χ3v) is 5.45. The number of rotatable bonds is 7. The number of carbonyl (C=O) groups is 3. The second-order valence-electron chi connectivity index (χ2n) is 9.25. The molecule has 0 saturated carbocycles. The Hall–Kier alpha value is -3.59. The number of hydrogen-bond acceptors (Lipinski definition) is 6. The molecule has 9 nitrogen and oxygen atoms in total. The number of methoxy groups -OCH3 is 1. The van der Waals surface area contributed by atoms with Crippen LogP contribution in [0.5, 0.6) is 5.75 Å². The molecule has 1 aliphatic heterocycles. The molecular formula is C25H32N4O5. The van der Waals surface area contributed by atoms with Crippen molar-refractivity contribution in [3.8, 4) is 5.75 Å². The van der Waals surface area contributed by atoms with E-state index in [1.54, 1.807) is 42.5 Å². The van der Waals surface area contributed by atoms with Crippen molar-refractivity contribution < 1.29 is 24.2 Å².